The van der Waals surface area contributed by atoms with E-state index in [1.807, 2.05) is 31.2 Å². The number of carbonyl (C=O) groups is 2. The molecule has 1 aromatic heterocycles. The van der Waals surface area contributed by atoms with E-state index in [2.05, 4.69) is 5.32 Å². The molecule has 27 heavy (non-hydrogen) atoms. The Bertz CT molecular complexity index is 926. The zero-order valence-electron chi connectivity index (χ0n) is 15.0. The van der Waals surface area contributed by atoms with Gasteiger partial charge >= 0.3 is 5.97 Å². The van der Waals surface area contributed by atoms with Gasteiger partial charge in [0.1, 0.15) is 22.8 Å². The Morgan fingerprint density at radius 2 is 1.56 bits per heavy atom. The molecule has 0 aliphatic carbocycles. The minimum Gasteiger partial charge on any atom is -0.469 e. The number of rotatable bonds is 6. The van der Waals surface area contributed by atoms with Crippen molar-refractivity contribution in [2.24, 2.45) is 0 Å². The summed E-state index contributed by atoms with van der Waals surface area (Å²) in [6.45, 7) is 3.27. The monoisotopic (exact) mass is 365 g/mol. The van der Waals surface area contributed by atoms with Crippen molar-refractivity contribution < 1.29 is 23.5 Å². The maximum Gasteiger partial charge on any atom is 0.342 e. The Kier molecular flexibility index (Phi) is 5.56. The summed E-state index contributed by atoms with van der Waals surface area (Å²) in [5, 5.41) is 2.66. The van der Waals surface area contributed by atoms with E-state index in [4.69, 9.17) is 13.9 Å². The van der Waals surface area contributed by atoms with Crippen LogP contribution < -0.4 is 10.1 Å². The van der Waals surface area contributed by atoms with Crippen molar-refractivity contribution in [3.05, 3.63) is 77.7 Å². The highest BCUT2D eigenvalue weighted by Crippen LogP contribution is 2.23. The third-order valence-corrected chi connectivity index (χ3v) is 3.81. The second-order valence-corrected chi connectivity index (χ2v) is 5.95. The third-order valence-electron chi connectivity index (χ3n) is 3.81. The first kappa shape index (κ1) is 18.3. The lowest BCUT2D eigenvalue weighted by Crippen LogP contribution is -2.20. The summed E-state index contributed by atoms with van der Waals surface area (Å²) in [4.78, 5) is 23.8. The topological polar surface area (TPSA) is 77.8 Å². The summed E-state index contributed by atoms with van der Waals surface area (Å²) >= 11 is 0. The average molecular weight is 365 g/mol. The number of furan rings is 1. The van der Waals surface area contributed by atoms with Crippen molar-refractivity contribution in [1.82, 2.24) is 0 Å². The number of esters is 1. The Labute approximate surface area is 156 Å². The van der Waals surface area contributed by atoms with Crippen LogP contribution in [-0.4, -0.2) is 18.5 Å². The van der Waals surface area contributed by atoms with Gasteiger partial charge in [-0.2, -0.15) is 0 Å². The van der Waals surface area contributed by atoms with Gasteiger partial charge in [0.05, 0.1) is 6.26 Å². The van der Waals surface area contributed by atoms with Crippen molar-refractivity contribution in [2.75, 3.05) is 11.9 Å². The van der Waals surface area contributed by atoms with Crippen LogP contribution in [-0.2, 0) is 9.53 Å². The van der Waals surface area contributed by atoms with E-state index in [-0.39, 0.29) is 6.61 Å². The minimum absolute atomic E-state index is 0.306. The first-order chi connectivity index (χ1) is 13.0. The molecule has 0 unspecified atom stereocenters. The number of amides is 1. The van der Waals surface area contributed by atoms with E-state index in [0.717, 1.165) is 11.3 Å². The third kappa shape index (κ3) is 4.98. The van der Waals surface area contributed by atoms with Gasteiger partial charge in [0, 0.05) is 5.69 Å². The van der Waals surface area contributed by atoms with Crippen molar-refractivity contribution in [3.8, 4) is 11.5 Å². The van der Waals surface area contributed by atoms with E-state index >= 15 is 0 Å². The number of ether oxygens (including phenoxy) is 2. The average Bonchev–Trinajstić information content (AvgIpc) is 3.09. The Balaban J connectivity index is 1.50. The van der Waals surface area contributed by atoms with Gasteiger partial charge in [-0.3, -0.25) is 4.79 Å². The SMILES string of the molecule is Cc1ccc(Oc2ccc(NC(=O)COC(=O)c3ccoc3C)cc2)cc1. The molecule has 0 bridgehead atoms. The summed E-state index contributed by atoms with van der Waals surface area (Å²) < 4.78 is 15.7. The van der Waals surface area contributed by atoms with Crippen molar-refractivity contribution in [2.45, 2.75) is 13.8 Å². The summed E-state index contributed by atoms with van der Waals surface area (Å²) in [7, 11) is 0. The van der Waals surface area contributed by atoms with Gasteiger partial charge in [-0.1, -0.05) is 17.7 Å². The van der Waals surface area contributed by atoms with Crippen molar-refractivity contribution in [3.63, 3.8) is 0 Å². The summed E-state index contributed by atoms with van der Waals surface area (Å²) in [5.41, 5.74) is 2.04. The smallest absolute Gasteiger partial charge is 0.342 e. The highest BCUT2D eigenvalue weighted by Gasteiger charge is 2.14. The highest BCUT2D eigenvalue weighted by molar-refractivity contribution is 5.95. The fourth-order valence-electron chi connectivity index (χ4n) is 2.35. The first-order valence-corrected chi connectivity index (χ1v) is 8.37. The molecule has 1 amide bonds. The van der Waals surface area contributed by atoms with Gasteiger partial charge < -0.3 is 19.2 Å². The van der Waals surface area contributed by atoms with Crippen LogP contribution in [0.1, 0.15) is 21.7 Å². The predicted molar refractivity (Wildman–Crippen MR) is 100 cm³/mol. The lowest BCUT2D eigenvalue weighted by atomic mass is 10.2. The van der Waals surface area contributed by atoms with Gasteiger partial charge in [0.15, 0.2) is 6.61 Å². The van der Waals surface area contributed by atoms with Gasteiger partial charge in [-0.05, 0) is 56.3 Å². The maximum atomic E-state index is 11.9. The van der Waals surface area contributed by atoms with Gasteiger partial charge in [0.2, 0.25) is 0 Å². The number of anilines is 1. The summed E-state index contributed by atoms with van der Waals surface area (Å²) in [5.74, 6) is 0.803. The van der Waals surface area contributed by atoms with Crippen molar-refractivity contribution >= 4 is 17.6 Å². The molecule has 3 rings (SSSR count). The quantitative estimate of drug-likeness (QED) is 0.652. The van der Waals surface area contributed by atoms with E-state index in [0.29, 0.717) is 22.8 Å². The van der Waals surface area contributed by atoms with E-state index in [9.17, 15) is 9.59 Å². The minimum atomic E-state index is -0.599. The van der Waals surface area contributed by atoms with Crippen LogP contribution in [0.15, 0.2) is 65.3 Å². The van der Waals surface area contributed by atoms with Crippen LogP contribution in [0.4, 0.5) is 5.69 Å². The second-order valence-electron chi connectivity index (χ2n) is 5.95. The first-order valence-electron chi connectivity index (χ1n) is 8.37. The van der Waals surface area contributed by atoms with Crippen LogP contribution in [0, 0.1) is 13.8 Å². The van der Waals surface area contributed by atoms with E-state index < -0.39 is 11.9 Å². The van der Waals surface area contributed by atoms with Crippen LogP contribution in [0.5, 0.6) is 11.5 Å². The predicted octanol–water partition coefficient (Wildman–Crippen LogP) is 4.48. The molecule has 0 aliphatic heterocycles. The number of carbonyl (C=O) groups excluding carboxylic acids is 2. The molecule has 0 atom stereocenters. The fourth-order valence-corrected chi connectivity index (χ4v) is 2.35. The molecule has 0 aliphatic rings. The molecule has 3 aromatic rings. The standard InChI is InChI=1S/C21H19NO5/c1-14-3-7-17(8-4-14)27-18-9-5-16(6-10-18)22-20(23)13-26-21(24)19-11-12-25-15(19)2/h3-12H,13H2,1-2H3,(H,22,23). The van der Waals surface area contributed by atoms with Gasteiger partial charge in [0.25, 0.3) is 5.91 Å². The molecule has 6 nitrogen and oxygen atoms in total. The normalized spacial score (nSPS) is 10.3. The molecule has 6 heteroatoms. The zero-order valence-corrected chi connectivity index (χ0v) is 15.0. The Morgan fingerprint density at radius 1 is 0.926 bits per heavy atom. The summed E-state index contributed by atoms with van der Waals surface area (Å²) in [6.07, 6.45) is 1.40. The van der Waals surface area contributed by atoms with Crippen LogP contribution in [0.2, 0.25) is 0 Å². The highest BCUT2D eigenvalue weighted by atomic mass is 16.5. The lowest BCUT2D eigenvalue weighted by Gasteiger charge is -2.09. The Morgan fingerprint density at radius 3 is 2.15 bits per heavy atom. The molecular weight excluding hydrogens is 346 g/mol. The molecule has 0 spiro atoms. The number of nitrogens with one attached hydrogen (secondary N) is 1. The maximum absolute atomic E-state index is 11.9. The number of hydrogen-bond acceptors (Lipinski definition) is 5. The van der Waals surface area contributed by atoms with Gasteiger partial charge in [-0.15, -0.1) is 0 Å². The number of benzene rings is 2. The number of aryl methyl sites for hydroxylation is 2. The zero-order chi connectivity index (χ0) is 19.2. The molecule has 0 radical (unpaired) electrons. The molecule has 2 aromatic carbocycles. The fraction of sp³-hybridized carbons (Fsp3) is 0.143. The molecule has 1 N–H and O–H groups in total. The van der Waals surface area contributed by atoms with Crippen LogP contribution in [0.25, 0.3) is 0 Å². The number of hydrogen-bond donors (Lipinski definition) is 1. The van der Waals surface area contributed by atoms with Crippen LogP contribution in [0.3, 0.4) is 0 Å². The molecule has 1 heterocycles. The molecular formula is C21H19NO5. The van der Waals surface area contributed by atoms with Gasteiger partial charge in [-0.25, -0.2) is 4.79 Å². The van der Waals surface area contributed by atoms with Crippen LogP contribution >= 0.6 is 0 Å². The summed E-state index contributed by atoms with van der Waals surface area (Å²) in [6, 6.07) is 16.1. The molecule has 138 valence electrons. The molecule has 0 saturated heterocycles. The largest absolute Gasteiger partial charge is 0.469 e. The van der Waals surface area contributed by atoms with Crippen molar-refractivity contribution in [1.29, 1.82) is 0 Å². The molecule has 0 saturated carbocycles. The lowest BCUT2D eigenvalue weighted by molar-refractivity contribution is -0.119. The molecule has 0 fully saturated rings. The van der Waals surface area contributed by atoms with E-state index in [1.54, 1.807) is 31.2 Å². The second kappa shape index (κ2) is 8.23. The Hall–Kier alpha value is -3.54. The van der Waals surface area contributed by atoms with E-state index in [1.165, 1.54) is 12.3 Å².